The van der Waals surface area contributed by atoms with Gasteiger partial charge in [-0.2, -0.15) is 0 Å². The maximum absolute atomic E-state index is 12.5. The molecule has 1 amide bonds. The summed E-state index contributed by atoms with van der Waals surface area (Å²) in [6, 6.07) is 7.68. The highest BCUT2D eigenvalue weighted by Crippen LogP contribution is 2.31. The topological polar surface area (TPSA) is 82.4 Å². The van der Waals surface area contributed by atoms with E-state index >= 15 is 0 Å². The monoisotopic (exact) mass is 356 g/mol. The van der Waals surface area contributed by atoms with Crippen LogP contribution in [0.3, 0.4) is 0 Å². The molecule has 4 rings (SSSR count). The number of allylic oxidation sites excluding steroid dienone is 1. The molecule has 0 saturated carbocycles. The number of pyridine rings is 1. The number of carbonyl (C=O) groups is 1. The number of thioether (sulfide) groups is 1. The molecule has 2 aliphatic rings. The number of nitrogens with one attached hydrogen (secondary N) is 1. The van der Waals surface area contributed by atoms with Gasteiger partial charge in [0.1, 0.15) is 5.69 Å². The molecule has 1 fully saturated rings. The number of anilines is 2. The fourth-order valence-electron chi connectivity index (χ4n) is 3.48. The van der Waals surface area contributed by atoms with Gasteiger partial charge in [0, 0.05) is 31.6 Å². The van der Waals surface area contributed by atoms with Crippen molar-refractivity contribution < 1.29 is 4.79 Å². The smallest absolute Gasteiger partial charge is 0.273 e. The van der Waals surface area contributed by atoms with Gasteiger partial charge in [-0.1, -0.05) is 24.3 Å². The lowest BCUT2D eigenvalue weighted by molar-refractivity contribution is -0.130. The molecule has 3 heterocycles. The van der Waals surface area contributed by atoms with Crippen LogP contribution in [0.15, 0.2) is 40.5 Å². The molecule has 25 heavy (non-hydrogen) atoms. The summed E-state index contributed by atoms with van der Waals surface area (Å²) in [5, 5.41) is 2.97. The Labute approximate surface area is 149 Å². The normalized spacial score (nSPS) is 20.4. The summed E-state index contributed by atoms with van der Waals surface area (Å²) in [6.45, 7) is 2.65. The Bertz CT molecular complexity index is 892. The van der Waals surface area contributed by atoms with Crippen LogP contribution in [0.25, 0.3) is 10.9 Å². The van der Waals surface area contributed by atoms with Crippen LogP contribution in [-0.2, 0) is 4.79 Å². The minimum absolute atomic E-state index is 0.0250. The molecule has 3 N–H and O–H groups in total. The molecule has 1 saturated heterocycles. The molecule has 6 nitrogen and oxygen atoms in total. The van der Waals surface area contributed by atoms with E-state index in [0.717, 1.165) is 23.0 Å². The van der Waals surface area contributed by atoms with E-state index in [2.05, 4.69) is 9.88 Å². The molecule has 1 aromatic carbocycles. The van der Waals surface area contributed by atoms with Gasteiger partial charge in [-0.3, -0.25) is 9.59 Å². The zero-order valence-electron chi connectivity index (χ0n) is 13.8. The van der Waals surface area contributed by atoms with Crippen molar-refractivity contribution in [3.8, 4) is 0 Å². The van der Waals surface area contributed by atoms with Gasteiger partial charge in [0.05, 0.1) is 16.5 Å². The fraction of sp³-hybridized carbons (Fsp3) is 0.333. The van der Waals surface area contributed by atoms with Gasteiger partial charge >= 0.3 is 0 Å². The van der Waals surface area contributed by atoms with E-state index in [1.165, 1.54) is 0 Å². The highest BCUT2D eigenvalue weighted by atomic mass is 32.2. The SMILES string of the molecule is Nc1c(N2CCN(C(=O)C3CC=CS3)CC2)c2ccccc2[nH]c1=O. The number of hydrogen-bond donors (Lipinski definition) is 2. The number of aromatic amines is 1. The number of piperazine rings is 1. The first kappa shape index (κ1) is 16.1. The zero-order chi connectivity index (χ0) is 17.4. The average molecular weight is 356 g/mol. The maximum Gasteiger partial charge on any atom is 0.273 e. The van der Waals surface area contributed by atoms with E-state index in [4.69, 9.17) is 5.73 Å². The van der Waals surface area contributed by atoms with E-state index in [9.17, 15) is 9.59 Å². The molecule has 2 aliphatic heterocycles. The largest absolute Gasteiger partial charge is 0.393 e. The fourth-order valence-corrected chi connectivity index (χ4v) is 4.38. The van der Waals surface area contributed by atoms with Crippen molar-refractivity contribution in [3.63, 3.8) is 0 Å². The molecule has 1 aromatic heterocycles. The minimum Gasteiger partial charge on any atom is -0.393 e. The lowest BCUT2D eigenvalue weighted by Gasteiger charge is -2.37. The van der Waals surface area contributed by atoms with Gasteiger partial charge in [0.15, 0.2) is 0 Å². The van der Waals surface area contributed by atoms with Crippen LogP contribution >= 0.6 is 11.8 Å². The van der Waals surface area contributed by atoms with Crippen molar-refractivity contribution in [1.82, 2.24) is 9.88 Å². The standard InChI is InChI=1S/C18H20N4O2S/c19-15-16(12-4-1-2-5-13(12)20-17(15)23)21-7-9-22(10-8-21)18(24)14-6-3-11-25-14/h1-5,11,14H,6-10,19H2,(H,20,23). The first-order valence-corrected chi connectivity index (χ1v) is 9.34. The average Bonchev–Trinajstić information content (AvgIpc) is 3.17. The predicted molar refractivity (Wildman–Crippen MR) is 103 cm³/mol. The summed E-state index contributed by atoms with van der Waals surface area (Å²) in [5.41, 5.74) is 7.64. The lowest BCUT2D eigenvalue weighted by Crippen LogP contribution is -2.51. The van der Waals surface area contributed by atoms with Gasteiger partial charge in [-0.15, -0.1) is 11.8 Å². The molecule has 1 atom stereocenters. The second-order valence-electron chi connectivity index (χ2n) is 6.31. The van der Waals surface area contributed by atoms with Crippen molar-refractivity contribution >= 4 is 39.9 Å². The highest BCUT2D eigenvalue weighted by Gasteiger charge is 2.29. The van der Waals surface area contributed by atoms with E-state index in [1.807, 2.05) is 40.6 Å². The Morgan fingerprint density at radius 2 is 1.96 bits per heavy atom. The van der Waals surface area contributed by atoms with Gasteiger partial charge in [0.25, 0.3) is 5.56 Å². The van der Waals surface area contributed by atoms with Crippen molar-refractivity contribution in [2.24, 2.45) is 0 Å². The van der Waals surface area contributed by atoms with Crippen molar-refractivity contribution in [3.05, 3.63) is 46.1 Å². The molecule has 0 bridgehead atoms. The van der Waals surface area contributed by atoms with Crippen LogP contribution in [0.5, 0.6) is 0 Å². The lowest BCUT2D eigenvalue weighted by atomic mass is 10.1. The number of fused-ring (bicyclic) bond motifs is 1. The van der Waals surface area contributed by atoms with E-state index in [1.54, 1.807) is 11.8 Å². The summed E-state index contributed by atoms with van der Waals surface area (Å²) < 4.78 is 0. The van der Waals surface area contributed by atoms with Gasteiger partial charge < -0.3 is 20.5 Å². The Kier molecular flexibility index (Phi) is 4.17. The second-order valence-corrected chi connectivity index (χ2v) is 7.42. The summed E-state index contributed by atoms with van der Waals surface area (Å²) in [6.07, 6.45) is 2.86. The van der Waals surface area contributed by atoms with E-state index in [-0.39, 0.29) is 22.4 Å². The van der Waals surface area contributed by atoms with Crippen molar-refractivity contribution in [2.75, 3.05) is 36.8 Å². The number of para-hydroxylation sites is 1. The Balaban J connectivity index is 1.57. The summed E-state index contributed by atoms with van der Waals surface area (Å²) in [5.74, 6) is 0.207. The first-order chi connectivity index (χ1) is 12.1. The van der Waals surface area contributed by atoms with Crippen LogP contribution in [0, 0.1) is 0 Å². The van der Waals surface area contributed by atoms with Crippen LogP contribution in [0.2, 0.25) is 0 Å². The highest BCUT2D eigenvalue weighted by molar-refractivity contribution is 8.03. The number of nitrogen functional groups attached to an aromatic ring is 1. The van der Waals surface area contributed by atoms with Crippen LogP contribution < -0.4 is 16.2 Å². The number of nitrogens with two attached hydrogens (primary N) is 1. The molecular weight excluding hydrogens is 336 g/mol. The van der Waals surface area contributed by atoms with E-state index in [0.29, 0.717) is 26.2 Å². The Morgan fingerprint density at radius 1 is 1.20 bits per heavy atom. The Hall–Kier alpha value is -2.41. The molecule has 0 radical (unpaired) electrons. The number of aromatic nitrogens is 1. The summed E-state index contributed by atoms with van der Waals surface area (Å²) in [4.78, 5) is 31.6. The third-order valence-corrected chi connectivity index (χ3v) is 5.87. The number of carbonyl (C=O) groups excluding carboxylic acids is 1. The maximum atomic E-state index is 12.5. The zero-order valence-corrected chi connectivity index (χ0v) is 14.6. The number of amides is 1. The number of nitrogens with zero attached hydrogens (tertiary/aromatic N) is 2. The minimum atomic E-state index is -0.263. The van der Waals surface area contributed by atoms with Gasteiger partial charge in [-0.25, -0.2) is 0 Å². The van der Waals surface area contributed by atoms with Crippen molar-refractivity contribution in [1.29, 1.82) is 0 Å². The molecule has 130 valence electrons. The first-order valence-electron chi connectivity index (χ1n) is 8.40. The molecule has 0 aliphatic carbocycles. The molecule has 0 spiro atoms. The molecule has 1 unspecified atom stereocenters. The summed E-state index contributed by atoms with van der Waals surface area (Å²) >= 11 is 1.60. The van der Waals surface area contributed by atoms with Gasteiger partial charge in [-0.05, 0) is 17.9 Å². The number of rotatable bonds is 2. The van der Waals surface area contributed by atoms with E-state index < -0.39 is 0 Å². The van der Waals surface area contributed by atoms with Gasteiger partial charge in [0.2, 0.25) is 5.91 Å². The molecule has 2 aromatic rings. The number of benzene rings is 1. The van der Waals surface area contributed by atoms with Crippen LogP contribution in [0.1, 0.15) is 6.42 Å². The molecule has 7 heteroatoms. The second kappa shape index (κ2) is 6.48. The molecular formula is C18H20N4O2S. The van der Waals surface area contributed by atoms with Crippen LogP contribution in [-0.4, -0.2) is 47.2 Å². The number of hydrogen-bond acceptors (Lipinski definition) is 5. The van der Waals surface area contributed by atoms with Crippen LogP contribution in [0.4, 0.5) is 11.4 Å². The Morgan fingerprint density at radius 3 is 2.68 bits per heavy atom. The van der Waals surface area contributed by atoms with Crippen molar-refractivity contribution in [2.45, 2.75) is 11.7 Å². The number of H-pyrrole nitrogens is 1. The quantitative estimate of drug-likeness (QED) is 0.857. The third-order valence-electron chi connectivity index (χ3n) is 4.80. The third kappa shape index (κ3) is 2.89. The predicted octanol–water partition coefficient (Wildman–Crippen LogP) is 1.78. The summed E-state index contributed by atoms with van der Waals surface area (Å²) in [7, 11) is 0.